The van der Waals surface area contributed by atoms with Gasteiger partial charge in [-0.2, -0.15) is 0 Å². The maximum Gasteiger partial charge on any atom is 0.0791 e. The third kappa shape index (κ3) is 23.2. The summed E-state index contributed by atoms with van der Waals surface area (Å²) in [5.74, 6) is 0. The van der Waals surface area contributed by atoms with Gasteiger partial charge in [0.1, 0.15) is 0 Å². The van der Waals surface area contributed by atoms with Gasteiger partial charge in [0.05, 0.1) is 6.26 Å². The van der Waals surface area contributed by atoms with Crippen molar-refractivity contribution in [1.29, 1.82) is 0 Å². The maximum absolute atomic E-state index is 8.33. The van der Waals surface area contributed by atoms with Crippen LogP contribution in [0.15, 0.2) is 24.5 Å². The van der Waals surface area contributed by atoms with Gasteiger partial charge < -0.3 is 10.2 Å². The van der Waals surface area contributed by atoms with E-state index < -0.39 is 0 Å². The van der Waals surface area contributed by atoms with Crippen LogP contribution >= 0.6 is 0 Å². The fourth-order valence-corrected chi connectivity index (χ4v) is 1.27. The van der Waals surface area contributed by atoms with Gasteiger partial charge in [0.25, 0.3) is 0 Å². The van der Waals surface area contributed by atoms with Crippen LogP contribution in [-0.2, 0) is 0 Å². The van der Waals surface area contributed by atoms with Crippen molar-refractivity contribution in [1.82, 2.24) is 0 Å². The van der Waals surface area contributed by atoms with Gasteiger partial charge in [0.2, 0.25) is 0 Å². The SMILES string of the molecule is CCCCCCCC/C=C/C=C/O.CCO. The predicted molar refractivity (Wildman–Crippen MR) is 71.7 cm³/mol. The first-order chi connectivity index (χ1) is 7.83. The molecule has 0 fully saturated rings. The maximum atomic E-state index is 8.33. The molecule has 16 heavy (non-hydrogen) atoms. The Kier molecular flexibility index (Phi) is 21.8. The third-order valence-corrected chi connectivity index (χ3v) is 2.06. The van der Waals surface area contributed by atoms with Crippen molar-refractivity contribution in [2.24, 2.45) is 0 Å². The summed E-state index contributed by atoms with van der Waals surface area (Å²) < 4.78 is 0. The zero-order valence-corrected chi connectivity index (χ0v) is 10.9. The number of aliphatic hydroxyl groups is 2. The molecule has 2 heteroatoms. The highest BCUT2D eigenvalue weighted by Gasteiger charge is 1.87. The highest BCUT2D eigenvalue weighted by Crippen LogP contribution is 2.06. The van der Waals surface area contributed by atoms with Crippen molar-refractivity contribution in [3.05, 3.63) is 24.5 Å². The Morgan fingerprint density at radius 1 is 0.875 bits per heavy atom. The molecule has 0 aromatic carbocycles. The van der Waals surface area contributed by atoms with E-state index in [-0.39, 0.29) is 6.61 Å². The average Bonchev–Trinajstić information content (AvgIpc) is 2.28. The Labute approximate surface area is 101 Å². The van der Waals surface area contributed by atoms with Crippen LogP contribution in [0, 0.1) is 0 Å². The summed E-state index contributed by atoms with van der Waals surface area (Å²) in [7, 11) is 0. The van der Waals surface area contributed by atoms with E-state index in [9.17, 15) is 0 Å². The van der Waals surface area contributed by atoms with E-state index in [1.165, 1.54) is 38.5 Å². The summed E-state index contributed by atoms with van der Waals surface area (Å²) in [5.41, 5.74) is 0. The molecule has 96 valence electrons. The lowest BCUT2D eigenvalue weighted by Gasteiger charge is -1.96. The summed E-state index contributed by atoms with van der Waals surface area (Å²) >= 11 is 0. The topological polar surface area (TPSA) is 40.5 Å². The van der Waals surface area contributed by atoms with Crippen LogP contribution in [0.4, 0.5) is 0 Å². The minimum Gasteiger partial charge on any atom is -0.516 e. The van der Waals surface area contributed by atoms with Gasteiger partial charge in [-0.1, -0.05) is 51.2 Å². The van der Waals surface area contributed by atoms with E-state index >= 15 is 0 Å². The van der Waals surface area contributed by atoms with Crippen molar-refractivity contribution in [3.8, 4) is 0 Å². The van der Waals surface area contributed by atoms with Gasteiger partial charge in [0, 0.05) is 6.61 Å². The fourth-order valence-electron chi connectivity index (χ4n) is 1.27. The third-order valence-electron chi connectivity index (χ3n) is 2.06. The van der Waals surface area contributed by atoms with Crippen LogP contribution in [0.1, 0.15) is 58.8 Å². The molecule has 0 atom stereocenters. The number of rotatable bonds is 8. The standard InChI is InChI=1S/C12H22O.C2H6O/c1-2-3-4-5-6-7-8-9-10-11-12-13;1-2-3/h9-13H,2-8H2,1H3;3H,2H2,1H3/b10-9+,12-11+;. The minimum atomic E-state index is 0.250. The van der Waals surface area contributed by atoms with Crippen LogP contribution in [0.3, 0.4) is 0 Å². The van der Waals surface area contributed by atoms with Crippen LogP contribution < -0.4 is 0 Å². The van der Waals surface area contributed by atoms with Gasteiger partial charge >= 0.3 is 0 Å². The lowest BCUT2D eigenvalue weighted by molar-refractivity contribution is 0.318. The molecule has 0 saturated heterocycles. The molecular formula is C14H28O2. The molecule has 2 nitrogen and oxygen atoms in total. The molecule has 0 aromatic rings. The first-order valence-corrected chi connectivity index (χ1v) is 6.40. The van der Waals surface area contributed by atoms with Crippen molar-refractivity contribution in [2.75, 3.05) is 6.61 Å². The Balaban J connectivity index is 0. The zero-order chi connectivity index (χ0) is 12.5. The van der Waals surface area contributed by atoms with E-state index in [0.717, 1.165) is 12.7 Å². The van der Waals surface area contributed by atoms with E-state index in [1.54, 1.807) is 13.0 Å². The molecule has 0 aliphatic rings. The van der Waals surface area contributed by atoms with Gasteiger partial charge in [-0.05, 0) is 25.8 Å². The first-order valence-electron chi connectivity index (χ1n) is 6.40. The molecule has 0 aliphatic carbocycles. The highest BCUT2D eigenvalue weighted by atomic mass is 16.2. The van der Waals surface area contributed by atoms with Crippen molar-refractivity contribution in [2.45, 2.75) is 58.8 Å². The number of aliphatic hydroxyl groups excluding tert-OH is 2. The molecule has 0 unspecified atom stereocenters. The largest absolute Gasteiger partial charge is 0.516 e. The fraction of sp³-hybridized carbons (Fsp3) is 0.714. The molecule has 0 spiro atoms. The second-order valence-electron chi connectivity index (χ2n) is 3.64. The van der Waals surface area contributed by atoms with Crippen molar-refractivity contribution >= 4 is 0 Å². The Hall–Kier alpha value is -0.760. The Bertz CT molecular complexity index is 151. The van der Waals surface area contributed by atoms with Gasteiger partial charge in [0.15, 0.2) is 0 Å². The number of hydrogen-bond donors (Lipinski definition) is 2. The summed E-state index contributed by atoms with van der Waals surface area (Å²) in [6, 6.07) is 0. The molecule has 0 amide bonds. The lowest BCUT2D eigenvalue weighted by atomic mass is 10.1. The van der Waals surface area contributed by atoms with E-state index in [2.05, 4.69) is 13.0 Å². The number of allylic oxidation sites excluding steroid dienone is 3. The summed E-state index contributed by atoms with van der Waals surface area (Å²) in [4.78, 5) is 0. The molecule has 0 aromatic heterocycles. The quantitative estimate of drug-likeness (QED) is 0.368. The number of unbranched alkanes of at least 4 members (excludes halogenated alkanes) is 6. The summed E-state index contributed by atoms with van der Waals surface area (Å²) in [5, 5.41) is 15.9. The molecule has 0 radical (unpaired) electrons. The van der Waals surface area contributed by atoms with Crippen LogP contribution in [-0.4, -0.2) is 16.8 Å². The lowest BCUT2D eigenvalue weighted by Crippen LogP contribution is -1.77. The van der Waals surface area contributed by atoms with Crippen molar-refractivity contribution in [3.63, 3.8) is 0 Å². The molecule has 0 heterocycles. The molecule has 0 saturated carbocycles. The van der Waals surface area contributed by atoms with E-state index in [1.807, 2.05) is 6.08 Å². The first kappa shape index (κ1) is 17.6. The molecule has 2 N–H and O–H groups in total. The molecular weight excluding hydrogens is 200 g/mol. The normalized spacial score (nSPS) is 10.7. The second kappa shape index (κ2) is 19.8. The van der Waals surface area contributed by atoms with Crippen molar-refractivity contribution < 1.29 is 10.2 Å². The Morgan fingerprint density at radius 3 is 2.00 bits per heavy atom. The Morgan fingerprint density at radius 2 is 1.44 bits per heavy atom. The van der Waals surface area contributed by atoms with Gasteiger partial charge in [-0.25, -0.2) is 0 Å². The van der Waals surface area contributed by atoms with E-state index in [0.29, 0.717) is 0 Å². The summed E-state index contributed by atoms with van der Waals surface area (Å²) in [6.45, 7) is 4.17. The smallest absolute Gasteiger partial charge is 0.0791 e. The zero-order valence-electron chi connectivity index (χ0n) is 10.9. The van der Waals surface area contributed by atoms with Gasteiger partial charge in [-0.3, -0.25) is 0 Å². The van der Waals surface area contributed by atoms with Crippen LogP contribution in [0.2, 0.25) is 0 Å². The minimum absolute atomic E-state index is 0.250. The highest BCUT2D eigenvalue weighted by molar-refractivity contribution is 4.98. The van der Waals surface area contributed by atoms with Crippen LogP contribution in [0.25, 0.3) is 0 Å². The molecule has 0 rings (SSSR count). The van der Waals surface area contributed by atoms with Gasteiger partial charge in [-0.15, -0.1) is 0 Å². The molecule has 0 aliphatic heterocycles. The predicted octanol–water partition coefficient (Wildman–Crippen LogP) is 4.36. The monoisotopic (exact) mass is 228 g/mol. The number of hydrogen-bond acceptors (Lipinski definition) is 2. The van der Waals surface area contributed by atoms with E-state index in [4.69, 9.17) is 10.2 Å². The summed E-state index contributed by atoms with van der Waals surface area (Å²) in [6.07, 6.45) is 15.9. The molecule has 0 bridgehead atoms. The average molecular weight is 228 g/mol. The second-order valence-corrected chi connectivity index (χ2v) is 3.64. The van der Waals surface area contributed by atoms with Crippen LogP contribution in [0.5, 0.6) is 0 Å².